The molecule has 0 bridgehead atoms. The summed E-state index contributed by atoms with van der Waals surface area (Å²) in [5, 5.41) is 0. The van der Waals surface area contributed by atoms with Crippen molar-refractivity contribution >= 4 is 15.8 Å². The first kappa shape index (κ1) is 41.4. The van der Waals surface area contributed by atoms with Crippen LogP contribution in [-0.4, -0.2) is 37.0 Å². The number of unbranched alkanes of at least 4 members (excludes halogenated alkanes) is 6. The van der Waals surface area contributed by atoms with E-state index in [4.69, 9.17) is 0 Å². The smallest absolute Gasteiger partial charge is 1.00 e. The van der Waals surface area contributed by atoms with Crippen molar-refractivity contribution in [2.45, 2.75) is 119 Å². The molecule has 0 aliphatic rings. The molecule has 0 spiro atoms. The fourth-order valence-electron chi connectivity index (χ4n) is 2.96. The molecule has 0 radical (unpaired) electrons. The van der Waals surface area contributed by atoms with Crippen LogP contribution in [0.5, 0.6) is 0 Å². The minimum Gasteiger partial charge on any atom is -1.00 e. The molecule has 0 aromatic carbocycles. The van der Waals surface area contributed by atoms with E-state index in [-0.39, 0.29) is 45.9 Å². The predicted molar refractivity (Wildman–Crippen MR) is 132 cm³/mol. The van der Waals surface area contributed by atoms with E-state index >= 15 is 0 Å². The van der Waals surface area contributed by atoms with Crippen LogP contribution in [0.4, 0.5) is 0 Å². The maximum Gasteiger partial charge on any atom is 2.00 e. The van der Waals surface area contributed by atoms with E-state index < -0.39 is 0 Å². The van der Waals surface area contributed by atoms with Crippen LogP contribution in [0, 0.1) is 0 Å². The standard InChI is InChI=1S/2C12H27P.2ClH.Pt/c2*1-4-7-10-13(11-8-5-2)12-9-6-3;;;/h2*4-12H2,1-3H3;2*1H;/q;;;;+2/p-2. The second-order valence-electron chi connectivity index (χ2n) is 7.80. The molecule has 0 rings (SSSR count). The van der Waals surface area contributed by atoms with Gasteiger partial charge in [-0.2, -0.15) is 0 Å². The Morgan fingerprint density at radius 2 is 0.483 bits per heavy atom. The van der Waals surface area contributed by atoms with Crippen LogP contribution in [0.15, 0.2) is 0 Å². The van der Waals surface area contributed by atoms with Gasteiger partial charge in [0.15, 0.2) is 0 Å². The zero-order valence-electron chi connectivity index (χ0n) is 20.7. The summed E-state index contributed by atoms with van der Waals surface area (Å²) in [7, 11) is 0.843. The van der Waals surface area contributed by atoms with Gasteiger partial charge in [-0.1, -0.05) is 80.1 Å². The fourth-order valence-corrected chi connectivity index (χ4v) is 8.88. The van der Waals surface area contributed by atoms with E-state index in [1.54, 1.807) is 37.0 Å². The van der Waals surface area contributed by atoms with Crippen molar-refractivity contribution in [3.63, 3.8) is 0 Å². The average Bonchev–Trinajstić information content (AvgIpc) is 2.67. The molecule has 0 aromatic rings. The topological polar surface area (TPSA) is 0 Å². The van der Waals surface area contributed by atoms with E-state index in [0.29, 0.717) is 15.8 Å². The normalized spacial score (nSPS) is 9.93. The molecule has 0 aliphatic carbocycles. The van der Waals surface area contributed by atoms with Gasteiger partial charge in [0.1, 0.15) is 0 Å². The molecule has 0 saturated heterocycles. The molecule has 0 heterocycles. The third kappa shape index (κ3) is 34.9. The molecule has 0 unspecified atom stereocenters. The zero-order chi connectivity index (χ0) is 19.9. The minimum absolute atomic E-state index is 0. The van der Waals surface area contributed by atoms with Gasteiger partial charge in [0.25, 0.3) is 0 Å². The predicted octanol–water partition coefficient (Wildman–Crippen LogP) is 3.74. The van der Waals surface area contributed by atoms with Crippen LogP contribution in [0.1, 0.15) is 119 Å². The summed E-state index contributed by atoms with van der Waals surface area (Å²) >= 11 is 0. The van der Waals surface area contributed by atoms with Crippen LogP contribution in [0.25, 0.3) is 0 Å². The maximum absolute atomic E-state index is 2.31. The molecule has 0 atom stereocenters. The second kappa shape index (κ2) is 37.4. The van der Waals surface area contributed by atoms with Crippen molar-refractivity contribution in [1.82, 2.24) is 0 Å². The van der Waals surface area contributed by atoms with E-state index in [1.165, 1.54) is 77.0 Å². The van der Waals surface area contributed by atoms with Gasteiger partial charge >= 0.3 is 21.1 Å². The summed E-state index contributed by atoms with van der Waals surface area (Å²) in [6.07, 6.45) is 26.4. The molecule has 29 heavy (non-hydrogen) atoms. The Morgan fingerprint density at radius 3 is 0.586 bits per heavy atom. The summed E-state index contributed by atoms with van der Waals surface area (Å²) in [5.74, 6) is 0. The van der Waals surface area contributed by atoms with E-state index in [9.17, 15) is 0 Å². The van der Waals surface area contributed by atoms with Gasteiger partial charge in [-0.05, 0) is 75.5 Å². The van der Waals surface area contributed by atoms with Crippen LogP contribution in [0.2, 0.25) is 0 Å². The second-order valence-corrected chi connectivity index (χ2v) is 13.2. The minimum atomic E-state index is 0. The Hall–Kier alpha value is 2.13. The quantitative estimate of drug-likeness (QED) is 0.195. The Bertz CT molecular complexity index is 185. The Morgan fingerprint density at radius 1 is 0.345 bits per heavy atom. The molecule has 5 heteroatoms. The first-order valence-electron chi connectivity index (χ1n) is 12.1. The molecule has 0 saturated carbocycles. The number of halogens is 2. The third-order valence-electron chi connectivity index (χ3n) is 4.97. The summed E-state index contributed by atoms with van der Waals surface area (Å²) in [4.78, 5) is 0. The van der Waals surface area contributed by atoms with Crippen molar-refractivity contribution in [3.05, 3.63) is 0 Å². The van der Waals surface area contributed by atoms with E-state index in [1.807, 2.05) is 0 Å². The average molecular weight is 671 g/mol. The van der Waals surface area contributed by atoms with Gasteiger partial charge in [-0.3, -0.25) is 0 Å². The maximum atomic E-state index is 2.31. The number of hydrogen-bond donors (Lipinski definition) is 0. The molecule has 0 fully saturated rings. The van der Waals surface area contributed by atoms with Gasteiger partial charge in [0.2, 0.25) is 0 Å². The van der Waals surface area contributed by atoms with Gasteiger partial charge in [-0.25, -0.2) is 0 Å². The first-order valence-corrected chi connectivity index (χ1v) is 15.9. The third-order valence-corrected chi connectivity index (χ3v) is 10.7. The summed E-state index contributed by atoms with van der Waals surface area (Å²) in [6.45, 7) is 13.9. The molecule has 0 nitrogen and oxygen atoms in total. The van der Waals surface area contributed by atoms with Crippen molar-refractivity contribution in [2.24, 2.45) is 0 Å². The number of hydrogen-bond acceptors (Lipinski definition) is 0. The molecular formula is C24H54Cl2P2Pt. The summed E-state index contributed by atoms with van der Waals surface area (Å²) < 4.78 is 0. The van der Waals surface area contributed by atoms with Gasteiger partial charge in [0.05, 0.1) is 0 Å². The SMILES string of the molecule is CCCCP(CCCC)CCCC.CCCCP(CCCC)CCCC.[Cl-].[Cl-].[Pt+2]. The van der Waals surface area contributed by atoms with E-state index in [2.05, 4.69) is 41.5 Å². The first-order chi connectivity index (χ1) is 12.7. The number of rotatable bonds is 18. The fraction of sp³-hybridized carbons (Fsp3) is 1.00. The van der Waals surface area contributed by atoms with Crippen molar-refractivity contribution in [3.8, 4) is 0 Å². The molecule has 0 amide bonds. The molecule has 0 N–H and O–H groups in total. The van der Waals surface area contributed by atoms with Crippen LogP contribution in [-0.2, 0) is 21.1 Å². The largest absolute Gasteiger partial charge is 2.00 e. The molecular weight excluding hydrogens is 616 g/mol. The van der Waals surface area contributed by atoms with Crippen LogP contribution < -0.4 is 24.8 Å². The van der Waals surface area contributed by atoms with Crippen molar-refractivity contribution < 1.29 is 45.9 Å². The van der Waals surface area contributed by atoms with E-state index in [0.717, 1.165) is 0 Å². The Labute approximate surface area is 216 Å². The van der Waals surface area contributed by atoms with Crippen molar-refractivity contribution in [1.29, 1.82) is 0 Å². The molecule has 184 valence electrons. The van der Waals surface area contributed by atoms with Gasteiger partial charge < -0.3 is 24.8 Å². The molecule has 0 aromatic heterocycles. The van der Waals surface area contributed by atoms with Crippen LogP contribution in [0.3, 0.4) is 0 Å². The van der Waals surface area contributed by atoms with Gasteiger partial charge in [-0.15, -0.1) is 15.8 Å². The van der Waals surface area contributed by atoms with Crippen LogP contribution >= 0.6 is 15.8 Å². The summed E-state index contributed by atoms with van der Waals surface area (Å²) in [6, 6.07) is 0. The Balaban J connectivity index is -0.000000120. The summed E-state index contributed by atoms with van der Waals surface area (Å²) in [5.41, 5.74) is 0. The van der Waals surface area contributed by atoms with Gasteiger partial charge in [0, 0.05) is 0 Å². The Kier molecular flexibility index (Phi) is 53.4. The van der Waals surface area contributed by atoms with Crippen molar-refractivity contribution in [2.75, 3.05) is 37.0 Å². The zero-order valence-corrected chi connectivity index (χ0v) is 26.3. The molecule has 0 aliphatic heterocycles. The monoisotopic (exact) mass is 669 g/mol.